The molecule has 2 aromatic rings. The highest BCUT2D eigenvalue weighted by atomic mass is 19.4. The Morgan fingerprint density at radius 1 is 1.12 bits per heavy atom. The molecule has 0 aliphatic carbocycles. The van der Waals surface area contributed by atoms with Gasteiger partial charge in [-0.1, -0.05) is 6.07 Å². The molecule has 33 heavy (non-hydrogen) atoms. The Morgan fingerprint density at radius 2 is 1.88 bits per heavy atom. The number of hydrogen-bond donors (Lipinski definition) is 3. The Hall–Kier alpha value is -3.57. The second-order valence-electron chi connectivity index (χ2n) is 7.71. The summed E-state index contributed by atoms with van der Waals surface area (Å²) in [6.45, 7) is -2.74. The minimum atomic E-state index is -4.68. The Morgan fingerprint density at radius 3 is 2.58 bits per heavy atom. The lowest BCUT2D eigenvalue weighted by Crippen LogP contribution is -2.49. The zero-order valence-corrected chi connectivity index (χ0v) is 16.9. The van der Waals surface area contributed by atoms with Crippen molar-refractivity contribution in [1.29, 1.82) is 0 Å². The number of benzene rings is 2. The van der Waals surface area contributed by atoms with Gasteiger partial charge in [-0.15, -0.1) is 0 Å². The molecule has 0 spiro atoms. The van der Waals surface area contributed by atoms with Crippen molar-refractivity contribution >= 4 is 23.3 Å². The number of fused-ring (bicyclic) bond motifs is 2. The summed E-state index contributed by atoms with van der Waals surface area (Å²) in [6.07, 6.45) is -5.02. The Bertz CT molecular complexity index is 1090. The van der Waals surface area contributed by atoms with Crippen LogP contribution in [0, 0.1) is 0 Å². The number of urea groups is 1. The lowest BCUT2D eigenvalue weighted by Gasteiger charge is -2.39. The van der Waals surface area contributed by atoms with Gasteiger partial charge in [-0.25, -0.2) is 13.6 Å². The molecular formula is C21H18F5N3O4. The smallest absolute Gasteiger partial charge is 0.416 e. The first-order valence-electron chi connectivity index (χ1n) is 9.79. The molecule has 12 heteroatoms. The van der Waals surface area contributed by atoms with E-state index in [4.69, 9.17) is 9.47 Å². The van der Waals surface area contributed by atoms with Crippen molar-refractivity contribution in [2.75, 3.05) is 30.6 Å². The second-order valence-corrected chi connectivity index (χ2v) is 7.71. The number of alkyl halides is 5. The summed E-state index contributed by atoms with van der Waals surface area (Å²) in [6, 6.07) is 5.26. The average Bonchev–Trinajstić information content (AvgIpc) is 2.77. The molecule has 3 amide bonds. The lowest BCUT2D eigenvalue weighted by molar-refractivity contribution is -0.138. The van der Waals surface area contributed by atoms with Gasteiger partial charge in [-0.2, -0.15) is 13.2 Å². The molecule has 3 N–H and O–H groups in total. The molecule has 0 aromatic heterocycles. The number of halogens is 5. The van der Waals surface area contributed by atoms with Crippen molar-refractivity contribution in [3.05, 3.63) is 47.5 Å². The van der Waals surface area contributed by atoms with Crippen molar-refractivity contribution in [3.8, 4) is 11.5 Å². The summed E-state index contributed by atoms with van der Waals surface area (Å²) in [5.74, 6) is -0.310. The van der Waals surface area contributed by atoms with Crippen LogP contribution in [0.25, 0.3) is 0 Å². The number of amides is 3. The van der Waals surface area contributed by atoms with Crippen LogP contribution in [0.5, 0.6) is 11.5 Å². The van der Waals surface area contributed by atoms with E-state index in [9.17, 15) is 31.5 Å². The average molecular weight is 471 g/mol. The second kappa shape index (κ2) is 8.41. The van der Waals surface area contributed by atoms with E-state index < -0.39 is 42.8 Å². The molecule has 0 unspecified atom stereocenters. The molecule has 0 saturated heterocycles. The highest BCUT2D eigenvalue weighted by molar-refractivity contribution is 5.97. The topological polar surface area (TPSA) is 88.7 Å². The molecule has 1 atom stereocenters. The Balaban J connectivity index is 1.56. The molecule has 2 heterocycles. The van der Waals surface area contributed by atoms with E-state index in [1.807, 2.05) is 0 Å². The zero-order chi connectivity index (χ0) is 23.8. The van der Waals surface area contributed by atoms with Crippen molar-refractivity contribution < 1.29 is 41.0 Å². The van der Waals surface area contributed by atoms with E-state index in [1.165, 1.54) is 18.2 Å². The van der Waals surface area contributed by atoms with Gasteiger partial charge in [-0.05, 0) is 30.3 Å². The quantitative estimate of drug-likeness (QED) is 0.579. The van der Waals surface area contributed by atoms with Crippen molar-refractivity contribution in [2.24, 2.45) is 0 Å². The number of nitrogens with one attached hydrogen (secondary N) is 3. The molecule has 0 saturated carbocycles. The highest BCUT2D eigenvalue weighted by Gasteiger charge is 2.43. The number of carbonyl (C=O) groups is 2. The molecule has 176 valence electrons. The lowest BCUT2D eigenvalue weighted by atomic mass is 9.88. The standard InChI is InChI=1S/C21H18F5N3O4/c22-9-20(10-23)7-15(13-3-1-11(21(24,25)26)5-17(13)33-20)29-19(31)27-12-2-4-16-14(6-12)28-18(30)8-32-16/h1-6,15H,7-10H2,(H,28,30)(H2,27,29,31)/t15-/m1/s1. The summed E-state index contributed by atoms with van der Waals surface area (Å²) >= 11 is 0. The maximum Gasteiger partial charge on any atom is 0.416 e. The van der Waals surface area contributed by atoms with E-state index in [-0.39, 0.29) is 35.9 Å². The first-order valence-corrected chi connectivity index (χ1v) is 9.79. The maximum absolute atomic E-state index is 13.7. The summed E-state index contributed by atoms with van der Waals surface area (Å²) in [7, 11) is 0. The minimum Gasteiger partial charge on any atom is -0.482 e. The van der Waals surface area contributed by atoms with Gasteiger partial charge < -0.3 is 25.4 Å². The third-order valence-corrected chi connectivity index (χ3v) is 5.28. The fraction of sp³-hybridized carbons (Fsp3) is 0.333. The third-order valence-electron chi connectivity index (χ3n) is 5.28. The number of rotatable bonds is 4. The molecule has 0 fully saturated rings. The van der Waals surface area contributed by atoms with Crippen LogP contribution in [0.3, 0.4) is 0 Å². The fourth-order valence-corrected chi connectivity index (χ4v) is 3.66. The predicted molar refractivity (Wildman–Crippen MR) is 107 cm³/mol. The van der Waals surface area contributed by atoms with Crippen LogP contribution in [0.2, 0.25) is 0 Å². The molecule has 4 rings (SSSR count). The number of anilines is 2. The molecular weight excluding hydrogens is 453 g/mol. The minimum absolute atomic E-state index is 0.135. The maximum atomic E-state index is 13.7. The molecule has 2 aliphatic heterocycles. The number of ether oxygens (including phenoxy) is 2. The van der Waals surface area contributed by atoms with Crippen LogP contribution < -0.4 is 25.4 Å². The van der Waals surface area contributed by atoms with Crippen LogP contribution in [-0.4, -0.2) is 37.5 Å². The van der Waals surface area contributed by atoms with Crippen molar-refractivity contribution in [1.82, 2.24) is 5.32 Å². The zero-order valence-electron chi connectivity index (χ0n) is 16.9. The fourth-order valence-electron chi connectivity index (χ4n) is 3.66. The SMILES string of the molecule is O=C1COc2ccc(NC(=O)N[C@@H]3CC(CF)(CF)Oc4cc(C(F)(F)F)ccc43)cc2N1. The largest absolute Gasteiger partial charge is 0.482 e. The third kappa shape index (κ3) is 4.64. The van der Waals surface area contributed by atoms with Gasteiger partial charge in [0.15, 0.2) is 12.2 Å². The molecule has 0 bridgehead atoms. The van der Waals surface area contributed by atoms with Crippen LogP contribution in [0.15, 0.2) is 36.4 Å². The molecule has 2 aliphatic rings. The van der Waals surface area contributed by atoms with Crippen LogP contribution >= 0.6 is 0 Å². The van der Waals surface area contributed by atoms with Crippen molar-refractivity contribution in [3.63, 3.8) is 0 Å². The Labute approximate surface area is 184 Å². The van der Waals surface area contributed by atoms with Gasteiger partial charge in [0.2, 0.25) is 0 Å². The predicted octanol–water partition coefficient (Wildman–Crippen LogP) is 4.36. The number of hydrogen-bond acceptors (Lipinski definition) is 4. The van der Waals surface area contributed by atoms with Gasteiger partial charge in [0.25, 0.3) is 5.91 Å². The van der Waals surface area contributed by atoms with Gasteiger partial charge in [0.05, 0.1) is 17.3 Å². The van der Waals surface area contributed by atoms with Crippen molar-refractivity contribution in [2.45, 2.75) is 24.2 Å². The van der Waals surface area contributed by atoms with Crippen LogP contribution in [0.4, 0.5) is 38.1 Å². The monoisotopic (exact) mass is 471 g/mol. The van der Waals surface area contributed by atoms with Crippen LogP contribution in [0.1, 0.15) is 23.6 Å². The first kappa shape index (κ1) is 22.6. The number of carbonyl (C=O) groups excluding carboxylic acids is 2. The van der Waals surface area contributed by atoms with E-state index in [2.05, 4.69) is 16.0 Å². The molecule has 2 aromatic carbocycles. The van der Waals surface area contributed by atoms with Gasteiger partial charge in [0, 0.05) is 17.7 Å². The van der Waals surface area contributed by atoms with E-state index >= 15 is 0 Å². The molecule has 7 nitrogen and oxygen atoms in total. The van der Waals surface area contributed by atoms with E-state index in [1.54, 1.807) is 0 Å². The summed E-state index contributed by atoms with van der Waals surface area (Å²) in [4.78, 5) is 24.1. The normalized spacial score (nSPS) is 18.7. The Kier molecular flexibility index (Phi) is 5.76. The molecule has 0 radical (unpaired) electrons. The summed E-state index contributed by atoms with van der Waals surface area (Å²) in [5.41, 5.74) is -2.30. The highest BCUT2D eigenvalue weighted by Crippen LogP contribution is 2.43. The van der Waals surface area contributed by atoms with E-state index in [0.29, 0.717) is 17.5 Å². The first-order chi connectivity index (χ1) is 15.6. The van der Waals surface area contributed by atoms with E-state index in [0.717, 1.165) is 12.1 Å². The summed E-state index contributed by atoms with van der Waals surface area (Å²) in [5, 5.41) is 7.63. The van der Waals surface area contributed by atoms with Gasteiger partial charge in [-0.3, -0.25) is 4.79 Å². The van der Waals surface area contributed by atoms with Gasteiger partial charge in [0.1, 0.15) is 24.8 Å². The van der Waals surface area contributed by atoms with Crippen LogP contribution in [-0.2, 0) is 11.0 Å². The summed E-state index contributed by atoms with van der Waals surface area (Å²) < 4.78 is 77.1. The van der Waals surface area contributed by atoms with Gasteiger partial charge >= 0.3 is 12.2 Å².